The Morgan fingerprint density at radius 3 is 2.55 bits per heavy atom. The largest absolute Gasteiger partial charge is 0.454 e. The molecular weight excluding hydrogens is 442 g/mol. The first-order chi connectivity index (χ1) is 14.7. The lowest BCUT2D eigenvalue weighted by Crippen LogP contribution is -2.31. The van der Waals surface area contributed by atoms with Crippen LogP contribution in [0.2, 0.25) is 5.02 Å². The summed E-state index contributed by atoms with van der Waals surface area (Å²) in [6.45, 7) is 5.51. The fraction of sp³-hybridized carbons (Fsp3) is 0.286. The molecule has 0 saturated carbocycles. The number of aromatic nitrogens is 2. The summed E-state index contributed by atoms with van der Waals surface area (Å²) < 4.78 is 32.3. The van der Waals surface area contributed by atoms with Gasteiger partial charge in [-0.25, -0.2) is 18.2 Å². The molecule has 0 unspecified atom stereocenters. The maximum atomic E-state index is 12.9. The first kappa shape index (κ1) is 22.9. The van der Waals surface area contributed by atoms with Gasteiger partial charge in [-0.1, -0.05) is 31.5 Å². The number of hydrogen-bond donors (Lipinski definition) is 1. The summed E-state index contributed by atoms with van der Waals surface area (Å²) in [6, 6.07) is 9.05. The van der Waals surface area contributed by atoms with E-state index in [0.717, 1.165) is 0 Å². The molecule has 2 aromatic carbocycles. The van der Waals surface area contributed by atoms with E-state index in [0.29, 0.717) is 34.6 Å². The molecule has 164 valence electrons. The second kappa shape index (κ2) is 9.17. The van der Waals surface area contributed by atoms with Gasteiger partial charge >= 0.3 is 5.97 Å². The molecule has 0 aliphatic rings. The van der Waals surface area contributed by atoms with Gasteiger partial charge in [-0.3, -0.25) is 4.79 Å². The lowest BCUT2D eigenvalue weighted by Gasteiger charge is -2.20. The van der Waals surface area contributed by atoms with Crippen molar-refractivity contribution in [2.24, 2.45) is 0 Å². The second-order valence-corrected chi connectivity index (χ2v) is 9.16. The van der Waals surface area contributed by atoms with Gasteiger partial charge in [-0.2, -0.15) is 4.31 Å². The Morgan fingerprint density at radius 2 is 1.87 bits per heavy atom. The molecule has 0 aliphatic heterocycles. The summed E-state index contributed by atoms with van der Waals surface area (Å²) in [5, 5.41) is 0.791. The predicted molar refractivity (Wildman–Crippen MR) is 118 cm³/mol. The number of sulfonamides is 1. The van der Waals surface area contributed by atoms with E-state index in [9.17, 15) is 18.0 Å². The topological polar surface area (TPSA) is 109 Å². The summed E-state index contributed by atoms with van der Waals surface area (Å²) in [4.78, 5) is 31.6. The molecule has 0 bridgehead atoms. The van der Waals surface area contributed by atoms with Crippen LogP contribution in [0.15, 0.2) is 46.1 Å². The van der Waals surface area contributed by atoms with E-state index in [1.54, 1.807) is 45.0 Å². The lowest BCUT2D eigenvalue weighted by molar-refractivity contribution is 0.0462. The van der Waals surface area contributed by atoms with Gasteiger partial charge in [-0.05, 0) is 42.8 Å². The van der Waals surface area contributed by atoms with E-state index in [2.05, 4.69) is 9.97 Å². The van der Waals surface area contributed by atoms with Gasteiger partial charge in [0.05, 0.1) is 21.4 Å². The molecule has 0 aliphatic carbocycles. The quantitative estimate of drug-likeness (QED) is 0.538. The summed E-state index contributed by atoms with van der Waals surface area (Å²) in [5.41, 5.74) is 0.615. The number of fused-ring (bicyclic) bond motifs is 1. The van der Waals surface area contributed by atoms with Gasteiger partial charge in [0.2, 0.25) is 10.0 Å². The third-order valence-corrected chi connectivity index (χ3v) is 7.23. The Hall–Kier alpha value is -2.75. The van der Waals surface area contributed by atoms with Crippen LogP contribution in [-0.4, -0.2) is 41.7 Å². The van der Waals surface area contributed by atoms with Crippen LogP contribution in [0.5, 0.6) is 0 Å². The van der Waals surface area contributed by atoms with Crippen molar-refractivity contribution < 1.29 is 17.9 Å². The highest BCUT2D eigenvalue weighted by atomic mass is 35.5. The Labute approximate surface area is 184 Å². The molecule has 1 aromatic heterocycles. The fourth-order valence-corrected chi connectivity index (χ4v) is 5.03. The SMILES string of the molecule is CCN(CC)S(=O)(=O)c1cc(C(=O)OCc2nc3cc(Cl)ccc3c(=O)[nH]2)ccc1C. The van der Waals surface area contributed by atoms with Crippen molar-refractivity contribution in [1.29, 1.82) is 0 Å². The zero-order valence-electron chi connectivity index (χ0n) is 17.3. The minimum atomic E-state index is -3.74. The highest BCUT2D eigenvalue weighted by Gasteiger charge is 2.25. The Morgan fingerprint density at radius 1 is 1.16 bits per heavy atom. The van der Waals surface area contributed by atoms with Crippen LogP contribution in [0.4, 0.5) is 0 Å². The maximum absolute atomic E-state index is 12.9. The summed E-state index contributed by atoms with van der Waals surface area (Å²) in [6.07, 6.45) is 0. The number of aromatic amines is 1. The van der Waals surface area contributed by atoms with Crippen LogP contribution >= 0.6 is 11.6 Å². The number of benzene rings is 2. The number of halogens is 1. The molecular formula is C21H22ClN3O5S. The number of esters is 1. The Bertz CT molecular complexity index is 1300. The van der Waals surface area contributed by atoms with E-state index >= 15 is 0 Å². The van der Waals surface area contributed by atoms with Crippen molar-refractivity contribution in [3.63, 3.8) is 0 Å². The first-order valence-electron chi connectivity index (χ1n) is 9.63. The number of hydrogen-bond acceptors (Lipinski definition) is 6. The molecule has 10 heteroatoms. The third-order valence-electron chi connectivity index (χ3n) is 4.80. The predicted octanol–water partition coefficient (Wildman–Crippen LogP) is 3.27. The molecule has 31 heavy (non-hydrogen) atoms. The number of carbonyl (C=O) groups is 1. The molecule has 0 spiro atoms. The average molecular weight is 464 g/mol. The summed E-state index contributed by atoms with van der Waals surface area (Å²) in [7, 11) is -3.74. The molecule has 3 rings (SSSR count). The van der Waals surface area contributed by atoms with Crippen LogP contribution in [0, 0.1) is 6.92 Å². The minimum Gasteiger partial charge on any atom is -0.454 e. The summed E-state index contributed by atoms with van der Waals surface area (Å²) in [5.74, 6) is -0.582. The van der Waals surface area contributed by atoms with Gasteiger partial charge in [-0.15, -0.1) is 0 Å². The number of ether oxygens (including phenoxy) is 1. The van der Waals surface area contributed by atoms with Crippen molar-refractivity contribution >= 4 is 38.5 Å². The molecule has 0 atom stereocenters. The average Bonchev–Trinajstić information content (AvgIpc) is 2.72. The number of H-pyrrole nitrogens is 1. The molecule has 0 saturated heterocycles. The highest BCUT2D eigenvalue weighted by Crippen LogP contribution is 2.22. The van der Waals surface area contributed by atoms with E-state index in [1.807, 2.05) is 0 Å². The number of rotatable bonds is 7. The Kier molecular flexibility index (Phi) is 6.78. The molecule has 0 fully saturated rings. The van der Waals surface area contributed by atoms with Crippen LogP contribution in [-0.2, 0) is 21.4 Å². The first-order valence-corrected chi connectivity index (χ1v) is 11.5. The smallest absolute Gasteiger partial charge is 0.338 e. The number of nitrogens with one attached hydrogen (secondary N) is 1. The van der Waals surface area contributed by atoms with Crippen LogP contribution in [0.3, 0.4) is 0 Å². The zero-order chi connectivity index (χ0) is 22.8. The maximum Gasteiger partial charge on any atom is 0.338 e. The fourth-order valence-electron chi connectivity index (χ4n) is 3.15. The lowest BCUT2D eigenvalue weighted by atomic mass is 10.1. The monoisotopic (exact) mass is 463 g/mol. The van der Waals surface area contributed by atoms with E-state index < -0.39 is 16.0 Å². The molecule has 8 nitrogen and oxygen atoms in total. The van der Waals surface area contributed by atoms with Crippen LogP contribution in [0.25, 0.3) is 10.9 Å². The third kappa shape index (κ3) is 4.79. The molecule has 1 heterocycles. The molecule has 3 aromatic rings. The van der Waals surface area contributed by atoms with Crippen molar-refractivity contribution in [3.8, 4) is 0 Å². The summed E-state index contributed by atoms with van der Waals surface area (Å²) >= 11 is 5.95. The van der Waals surface area contributed by atoms with E-state index in [1.165, 1.54) is 16.4 Å². The van der Waals surface area contributed by atoms with Gasteiger partial charge in [0.1, 0.15) is 12.4 Å². The van der Waals surface area contributed by atoms with Crippen molar-refractivity contribution in [2.45, 2.75) is 32.3 Å². The zero-order valence-corrected chi connectivity index (χ0v) is 18.9. The minimum absolute atomic E-state index is 0.0533. The van der Waals surface area contributed by atoms with Gasteiger partial charge in [0, 0.05) is 18.1 Å². The molecule has 1 N–H and O–H groups in total. The van der Waals surface area contributed by atoms with E-state index in [4.69, 9.17) is 16.3 Å². The van der Waals surface area contributed by atoms with Crippen molar-refractivity contribution in [2.75, 3.05) is 13.1 Å². The Balaban J connectivity index is 1.85. The van der Waals surface area contributed by atoms with Crippen molar-refractivity contribution in [3.05, 3.63) is 68.7 Å². The normalized spacial score (nSPS) is 11.8. The van der Waals surface area contributed by atoms with E-state index in [-0.39, 0.29) is 28.4 Å². The van der Waals surface area contributed by atoms with Crippen LogP contribution < -0.4 is 5.56 Å². The standard InChI is InChI=1S/C21H22ClN3O5S/c1-4-25(5-2)31(28,29)18-10-14(7-6-13(18)3)21(27)30-12-19-23-17-11-15(22)8-9-16(17)20(26)24-19/h6-11H,4-5,12H2,1-3H3,(H,23,24,26). The van der Waals surface area contributed by atoms with Gasteiger partial charge in [0.25, 0.3) is 5.56 Å². The number of nitrogens with zero attached hydrogens (tertiary/aromatic N) is 2. The van der Waals surface area contributed by atoms with Crippen LogP contribution in [0.1, 0.15) is 35.6 Å². The second-order valence-electron chi connectivity index (χ2n) is 6.82. The van der Waals surface area contributed by atoms with Crippen molar-refractivity contribution in [1.82, 2.24) is 14.3 Å². The van der Waals surface area contributed by atoms with Gasteiger partial charge < -0.3 is 9.72 Å². The highest BCUT2D eigenvalue weighted by molar-refractivity contribution is 7.89. The molecule has 0 radical (unpaired) electrons. The molecule has 0 amide bonds. The number of carbonyl (C=O) groups excluding carboxylic acids is 1. The van der Waals surface area contributed by atoms with Gasteiger partial charge in [0.15, 0.2) is 0 Å². The number of aryl methyl sites for hydroxylation is 1.